The van der Waals surface area contributed by atoms with Crippen molar-refractivity contribution in [2.45, 2.75) is 26.3 Å². The summed E-state index contributed by atoms with van der Waals surface area (Å²) in [5.74, 6) is 3.99. The first kappa shape index (κ1) is 16.2. The Morgan fingerprint density at radius 2 is 1.79 bits per heavy atom. The fourth-order valence-electron chi connectivity index (χ4n) is 2.06. The number of benzene rings is 1. The lowest BCUT2D eigenvalue weighted by atomic mass is 10.1. The maximum absolute atomic E-state index is 5.49. The van der Waals surface area contributed by atoms with Crippen molar-refractivity contribution in [3.05, 3.63) is 23.8 Å². The molecule has 0 aliphatic carbocycles. The van der Waals surface area contributed by atoms with Crippen molar-refractivity contribution < 1.29 is 9.47 Å². The van der Waals surface area contributed by atoms with Crippen molar-refractivity contribution in [1.82, 2.24) is 5.32 Å². The SMILES string of the molecule is CCCSCC(NCC)c1c(OC)cccc1OC. The fraction of sp³-hybridized carbons (Fsp3) is 0.600. The second kappa shape index (κ2) is 9.10. The zero-order chi connectivity index (χ0) is 14.1. The van der Waals surface area contributed by atoms with Crippen LogP contribution in [0.1, 0.15) is 31.9 Å². The van der Waals surface area contributed by atoms with Crippen LogP contribution in [0, 0.1) is 0 Å². The lowest BCUT2D eigenvalue weighted by Gasteiger charge is -2.22. The Kier molecular flexibility index (Phi) is 7.75. The molecule has 0 heterocycles. The molecule has 1 N–H and O–H groups in total. The summed E-state index contributed by atoms with van der Waals surface area (Å²) in [5.41, 5.74) is 1.12. The fourth-order valence-corrected chi connectivity index (χ4v) is 3.04. The molecule has 1 aromatic rings. The molecular weight excluding hydrogens is 258 g/mol. The molecule has 0 aromatic heterocycles. The zero-order valence-electron chi connectivity index (χ0n) is 12.4. The molecule has 19 heavy (non-hydrogen) atoms. The van der Waals surface area contributed by atoms with Crippen molar-refractivity contribution in [1.29, 1.82) is 0 Å². The van der Waals surface area contributed by atoms with Crippen molar-refractivity contribution >= 4 is 11.8 Å². The quantitative estimate of drug-likeness (QED) is 0.703. The summed E-state index contributed by atoms with van der Waals surface area (Å²) < 4.78 is 11.0. The van der Waals surface area contributed by atoms with Crippen LogP contribution in [0.25, 0.3) is 0 Å². The summed E-state index contributed by atoms with van der Waals surface area (Å²) >= 11 is 1.96. The van der Waals surface area contributed by atoms with E-state index in [0.717, 1.165) is 29.4 Å². The number of methoxy groups -OCH3 is 2. The van der Waals surface area contributed by atoms with E-state index in [4.69, 9.17) is 9.47 Å². The largest absolute Gasteiger partial charge is 0.496 e. The molecule has 1 aromatic carbocycles. The van der Waals surface area contributed by atoms with Gasteiger partial charge in [0.2, 0.25) is 0 Å². The van der Waals surface area contributed by atoms with E-state index in [1.54, 1.807) is 14.2 Å². The Morgan fingerprint density at radius 3 is 2.26 bits per heavy atom. The topological polar surface area (TPSA) is 30.5 Å². The normalized spacial score (nSPS) is 12.2. The predicted molar refractivity (Wildman–Crippen MR) is 83.6 cm³/mol. The smallest absolute Gasteiger partial charge is 0.127 e. The highest BCUT2D eigenvalue weighted by Crippen LogP contribution is 2.35. The van der Waals surface area contributed by atoms with E-state index in [1.807, 2.05) is 30.0 Å². The molecule has 1 unspecified atom stereocenters. The van der Waals surface area contributed by atoms with Crippen LogP contribution in [0.3, 0.4) is 0 Å². The van der Waals surface area contributed by atoms with Gasteiger partial charge in [0.15, 0.2) is 0 Å². The third-order valence-electron chi connectivity index (χ3n) is 2.90. The van der Waals surface area contributed by atoms with Crippen molar-refractivity contribution in [2.75, 3.05) is 32.3 Å². The molecule has 0 saturated carbocycles. The minimum Gasteiger partial charge on any atom is -0.496 e. The molecule has 4 heteroatoms. The van der Waals surface area contributed by atoms with Gasteiger partial charge < -0.3 is 14.8 Å². The third-order valence-corrected chi connectivity index (χ3v) is 4.16. The standard InChI is InChI=1S/C15H25NO2S/c1-5-10-19-11-12(16-6-2)15-13(17-3)8-7-9-14(15)18-4/h7-9,12,16H,5-6,10-11H2,1-4H3. The molecule has 0 aliphatic rings. The Hall–Kier alpha value is -0.870. The number of rotatable bonds is 9. The third kappa shape index (κ3) is 4.62. The van der Waals surface area contributed by atoms with Gasteiger partial charge in [0.05, 0.1) is 19.8 Å². The van der Waals surface area contributed by atoms with Gasteiger partial charge >= 0.3 is 0 Å². The molecule has 0 saturated heterocycles. The van der Waals surface area contributed by atoms with Crippen LogP contribution in [-0.2, 0) is 0 Å². The van der Waals surface area contributed by atoms with E-state index in [2.05, 4.69) is 19.2 Å². The van der Waals surface area contributed by atoms with E-state index in [-0.39, 0.29) is 6.04 Å². The van der Waals surface area contributed by atoms with Gasteiger partial charge in [-0.05, 0) is 30.9 Å². The molecule has 0 amide bonds. The summed E-state index contributed by atoms with van der Waals surface area (Å²) in [6.45, 7) is 5.26. The van der Waals surface area contributed by atoms with Gasteiger partial charge in [-0.15, -0.1) is 0 Å². The lowest BCUT2D eigenvalue weighted by molar-refractivity contribution is 0.375. The van der Waals surface area contributed by atoms with Crippen molar-refractivity contribution in [3.8, 4) is 11.5 Å². The monoisotopic (exact) mass is 283 g/mol. The molecule has 0 spiro atoms. The van der Waals surface area contributed by atoms with Crippen LogP contribution in [0.4, 0.5) is 0 Å². The van der Waals surface area contributed by atoms with Gasteiger partial charge in [-0.2, -0.15) is 11.8 Å². The average Bonchev–Trinajstić information content (AvgIpc) is 2.45. The van der Waals surface area contributed by atoms with Crippen LogP contribution in [0.5, 0.6) is 11.5 Å². The molecule has 108 valence electrons. The van der Waals surface area contributed by atoms with Crippen LogP contribution in [-0.4, -0.2) is 32.3 Å². The van der Waals surface area contributed by atoms with E-state index < -0.39 is 0 Å². The number of hydrogen-bond donors (Lipinski definition) is 1. The molecule has 3 nitrogen and oxygen atoms in total. The zero-order valence-corrected chi connectivity index (χ0v) is 13.2. The van der Waals surface area contributed by atoms with Crippen molar-refractivity contribution in [3.63, 3.8) is 0 Å². The van der Waals surface area contributed by atoms with Crippen LogP contribution in [0.2, 0.25) is 0 Å². The number of thioether (sulfide) groups is 1. The molecule has 1 rings (SSSR count). The van der Waals surface area contributed by atoms with Gasteiger partial charge in [-0.3, -0.25) is 0 Å². The Bertz CT molecular complexity index is 349. The van der Waals surface area contributed by atoms with Crippen molar-refractivity contribution in [2.24, 2.45) is 0 Å². The Morgan fingerprint density at radius 1 is 1.16 bits per heavy atom. The maximum Gasteiger partial charge on any atom is 0.127 e. The summed E-state index contributed by atoms with van der Waals surface area (Å²) in [4.78, 5) is 0. The van der Waals surface area contributed by atoms with E-state index >= 15 is 0 Å². The summed E-state index contributed by atoms with van der Waals surface area (Å²) in [5, 5.41) is 3.53. The van der Waals surface area contributed by atoms with Gasteiger partial charge in [0, 0.05) is 11.8 Å². The molecule has 0 fully saturated rings. The molecule has 0 radical (unpaired) electrons. The highest BCUT2D eigenvalue weighted by Gasteiger charge is 2.19. The van der Waals surface area contributed by atoms with Crippen LogP contribution >= 0.6 is 11.8 Å². The lowest BCUT2D eigenvalue weighted by Crippen LogP contribution is -2.24. The molecular formula is C15H25NO2S. The first-order valence-electron chi connectivity index (χ1n) is 6.80. The average molecular weight is 283 g/mol. The molecule has 0 aliphatic heterocycles. The minimum absolute atomic E-state index is 0.257. The summed E-state index contributed by atoms with van der Waals surface area (Å²) in [7, 11) is 3.42. The summed E-state index contributed by atoms with van der Waals surface area (Å²) in [6.07, 6.45) is 1.20. The first-order valence-corrected chi connectivity index (χ1v) is 7.95. The van der Waals surface area contributed by atoms with Gasteiger partial charge in [-0.1, -0.05) is 19.9 Å². The maximum atomic E-state index is 5.49. The number of hydrogen-bond acceptors (Lipinski definition) is 4. The highest BCUT2D eigenvalue weighted by atomic mass is 32.2. The van der Waals surface area contributed by atoms with E-state index in [9.17, 15) is 0 Å². The number of nitrogens with one attached hydrogen (secondary N) is 1. The second-order valence-corrected chi connectivity index (χ2v) is 5.41. The second-order valence-electron chi connectivity index (χ2n) is 4.26. The van der Waals surface area contributed by atoms with Crippen LogP contribution < -0.4 is 14.8 Å². The van der Waals surface area contributed by atoms with Crippen LogP contribution in [0.15, 0.2) is 18.2 Å². The minimum atomic E-state index is 0.257. The number of ether oxygens (including phenoxy) is 2. The van der Waals surface area contributed by atoms with Gasteiger partial charge in [0.25, 0.3) is 0 Å². The predicted octanol–water partition coefficient (Wildman–Crippen LogP) is 3.50. The summed E-state index contributed by atoms with van der Waals surface area (Å²) in [6, 6.07) is 6.20. The van der Waals surface area contributed by atoms with Gasteiger partial charge in [-0.25, -0.2) is 0 Å². The molecule has 1 atom stereocenters. The highest BCUT2D eigenvalue weighted by molar-refractivity contribution is 7.99. The van der Waals surface area contributed by atoms with E-state index in [0.29, 0.717) is 0 Å². The van der Waals surface area contributed by atoms with E-state index in [1.165, 1.54) is 12.2 Å². The Labute approximate surface area is 121 Å². The first-order chi connectivity index (χ1) is 9.28. The van der Waals surface area contributed by atoms with Gasteiger partial charge in [0.1, 0.15) is 11.5 Å². The Balaban J connectivity index is 2.98. The molecule has 0 bridgehead atoms.